The van der Waals surface area contributed by atoms with Crippen molar-refractivity contribution in [2.24, 2.45) is 17.3 Å². The molecule has 0 amide bonds. The SMILES string of the molecule is CC(C)(C)C1CCCC(O)(C2CC2c2ccccc2)CC1. The van der Waals surface area contributed by atoms with Crippen LogP contribution in [0.1, 0.15) is 70.8 Å². The van der Waals surface area contributed by atoms with Gasteiger partial charge in [0.2, 0.25) is 0 Å². The summed E-state index contributed by atoms with van der Waals surface area (Å²) in [7, 11) is 0. The van der Waals surface area contributed by atoms with Crippen LogP contribution in [0.15, 0.2) is 30.3 Å². The Kier molecular flexibility index (Phi) is 3.90. The van der Waals surface area contributed by atoms with Crippen molar-refractivity contribution in [1.29, 1.82) is 0 Å². The summed E-state index contributed by atoms with van der Waals surface area (Å²) in [6, 6.07) is 10.8. The van der Waals surface area contributed by atoms with Crippen molar-refractivity contribution in [2.45, 2.75) is 70.8 Å². The van der Waals surface area contributed by atoms with Crippen molar-refractivity contribution in [2.75, 3.05) is 0 Å². The van der Waals surface area contributed by atoms with Crippen LogP contribution < -0.4 is 0 Å². The number of rotatable bonds is 2. The van der Waals surface area contributed by atoms with Crippen LogP contribution in [0, 0.1) is 17.3 Å². The third kappa shape index (κ3) is 3.18. The van der Waals surface area contributed by atoms with Crippen LogP contribution in [0.25, 0.3) is 0 Å². The van der Waals surface area contributed by atoms with Gasteiger partial charge in [-0.2, -0.15) is 0 Å². The van der Waals surface area contributed by atoms with Gasteiger partial charge in [0, 0.05) is 0 Å². The molecular weight excluding hydrogens is 256 g/mol. The van der Waals surface area contributed by atoms with E-state index in [0.29, 0.717) is 17.3 Å². The summed E-state index contributed by atoms with van der Waals surface area (Å²) < 4.78 is 0. The van der Waals surface area contributed by atoms with E-state index in [9.17, 15) is 5.11 Å². The average Bonchev–Trinajstić information content (AvgIpc) is 3.23. The third-order valence-electron chi connectivity index (χ3n) is 6.02. The average molecular weight is 286 g/mol. The summed E-state index contributed by atoms with van der Waals surface area (Å²) in [6.07, 6.45) is 6.86. The maximum Gasteiger partial charge on any atom is 0.0682 e. The highest BCUT2D eigenvalue weighted by atomic mass is 16.3. The van der Waals surface area contributed by atoms with Gasteiger partial charge in [0.05, 0.1) is 5.60 Å². The quantitative estimate of drug-likeness (QED) is 0.746. The zero-order valence-electron chi connectivity index (χ0n) is 13.8. The van der Waals surface area contributed by atoms with Crippen LogP contribution in [0.2, 0.25) is 0 Å². The summed E-state index contributed by atoms with van der Waals surface area (Å²) >= 11 is 0. The molecule has 4 unspecified atom stereocenters. The second kappa shape index (κ2) is 5.43. The molecule has 0 aromatic heterocycles. The van der Waals surface area contributed by atoms with Gasteiger partial charge in [-0.25, -0.2) is 0 Å². The van der Waals surface area contributed by atoms with Gasteiger partial charge in [0.1, 0.15) is 0 Å². The van der Waals surface area contributed by atoms with Crippen molar-refractivity contribution in [3.63, 3.8) is 0 Å². The standard InChI is InChI=1S/C20H30O/c1-19(2,3)16-10-7-12-20(21,13-11-16)18-14-17(18)15-8-5-4-6-9-15/h4-6,8-9,16-18,21H,7,10-14H2,1-3H3. The molecule has 2 aliphatic carbocycles. The highest BCUT2D eigenvalue weighted by Crippen LogP contribution is 2.57. The summed E-state index contributed by atoms with van der Waals surface area (Å²) in [5.74, 6) is 1.86. The highest BCUT2D eigenvalue weighted by molar-refractivity contribution is 5.27. The molecule has 2 aliphatic rings. The fourth-order valence-electron chi connectivity index (χ4n) is 4.44. The lowest BCUT2D eigenvalue weighted by Crippen LogP contribution is -2.31. The minimum absolute atomic E-state index is 0.383. The van der Waals surface area contributed by atoms with Crippen LogP contribution in [-0.2, 0) is 0 Å². The number of hydrogen-bond donors (Lipinski definition) is 1. The van der Waals surface area contributed by atoms with Crippen molar-refractivity contribution in [3.05, 3.63) is 35.9 Å². The lowest BCUT2D eigenvalue weighted by Gasteiger charge is -2.31. The fraction of sp³-hybridized carbons (Fsp3) is 0.700. The van der Waals surface area contributed by atoms with Gasteiger partial charge in [-0.05, 0) is 60.8 Å². The Balaban J connectivity index is 1.66. The van der Waals surface area contributed by atoms with Crippen molar-refractivity contribution in [3.8, 4) is 0 Å². The molecule has 21 heavy (non-hydrogen) atoms. The summed E-state index contributed by atoms with van der Waals surface area (Å²) in [5, 5.41) is 11.2. The Bertz CT molecular complexity index is 472. The molecule has 0 radical (unpaired) electrons. The van der Waals surface area contributed by atoms with Crippen LogP contribution in [-0.4, -0.2) is 10.7 Å². The predicted molar refractivity (Wildman–Crippen MR) is 88.3 cm³/mol. The number of aliphatic hydroxyl groups is 1. The van der Waals surface area contributed by atoms with Crippen LogP contribution in [0.3, 0.4) is 0 Å². The summed E-state index contributed by atoms with van der Waals surface area (Å²) in [5.41, 5.74) is 1.40. The molecule has 0 saturated heterocycles. The Morgan fingerprint density at radius 3 is 2.43 bits per heavy atom. The Hall–Kier alpha value is -0.820. The Morgan fingerprint density at radius 2 is 1.76 bits per heavy atom. The van der Waals surface area contributed by atoms with E-state index in [2.05, 4.69) is 51.1 Å². The minimum atomic E-state index is -0.402. The maximum absolute atomic E-state index is 11.2. The van der Waals surface area contributed by atoms with E-state index >= 15 is 0 Å². The maximum atomic E-state index is 11.2. The second-order valence-electron chi connectivity index (χ2n) is 8.46. The van der Waals surface area contributed by atoms with E-state index in [0.717, 1.165) is 18.8 Å². The molecule has 2 fully saturated rings. The lowest BCUT2D eigenvalue weighted by molar-refractivity contribution is -0.00144. The highest BCUT2D eigenvalue weighted by Gasteiger charge is 2.52. The molecule has 0 aliphatic heterocycles. The van der Waals surface area contributed by atoms with Gasteiger partial charge in [-0.15, -0.1) is 0 Å². The van der Waals surface area contributed by atoms with Gasteiger partial charge >= 0.3 is 0 Å². The zero-order chi connectivity index (χ0) is 15.1. The van der Waals surface area contributed by atoms with Crippen molar-refractivity contribution in [1.82, 2.24) is 0 Å². The van der Waals surface area contributed by atoms with E-state index < -0.39 is 5.60 Å². The van der Waals surface area contributed by atoms with Gasteiger partial charge in [-0.1, -0.05) is 57.5 Å². The number of hydrogen-bond acceptors (Lipinski definition) is 1. The molecular formula is C20H30O. The molecule has 1 heteroatoms. The predicted octanol–water partition coefficient (Wildman–Crippen LogP) is 5.15. The molecule has 116 valence electrons. The number of benzene rings is 1. The van der Waals surface area contributed by atoms with Gasteiger partial charge in [0.25, 0.3) is 0 Å². The molecule has 1 aromatic carbocycles. The molecule has 0 heterocycles. The summed E-state index contributed by atoms with van der Waals surface area (Å²) in [6.45, 7) is 7.06. The lowest BCUT2D eigenvalue weighted by atomic mass is 9.76. The van der Waals surface area contributed by atoms with E-state index in [4.69, 9.17) is 0 Å². The van der Waals surface area contributed by atoms with E-state index in [1.165, 1.54) is 31.2 Å². The first-order valence-electron chi connectivity index (χ1n) is 8.67. The fourth-order valence-corrected chi connectivity index (χ4v) is 4.44. The van der Waals surface area contributed by atoms with Gasteiger partial charge in [0.15, 0.2) is 0 Å². The second-order valence-corrected chi connectivity index (χ2v) is 8.46. The van der Waals surface area contributed by atoms with Gasteiger partial charge < -0.3 is 5.11 Å². The Morgan fingerprint density at radius 1 is 1.05 bits per heavy atom. The molecule has 3 rings (SSSR count). The first-order valence-corrected chi connectivity index (χ1v) is 8.67. The van der Waals surface area contributed by atoms with E-state index in [-0.39, 0.29) is 0 Å². The summed E-state index contributed by atoms with van der Waals surface area (Å²) in [4.78, 5) is 0. The monoisotopic (exact) mass is 286 g/mol. The normalized spacial score (nSPS) is 37.0. The minimum Gasteiger partial charge on any atom is -0.390 e. The van der Waals surface area contributed by atoms with Crippen molar-refractivity contribution < 1.29 is 5.11 Å². The third-order valence-corrected chi connectivity index (χ3v) is 6.02. The zero-order valence-corrected chi connectivity index (χ0v) is 13.8. The molecule has 0 bridgehead atoms. The van der Waals surface area contributed by atoms with Crippen LogP contribution in [0.5, 0.6) is 0 Å². The Labute approximate surface area is 129 Å². The molecule has 1 aromatic rings. The molecule has 0 spiro atoms. The molecule has 1 nitrogen and oxygen atoms in total. The largest absolute Gasteiger partial charge is 0.390 e. The molecule has 2 saturated carbocycles. The van der Waals surface area contributed by atoms with E-state index in [1.807, 2.05) is 0 Å². The molecule has 4 atom stereocenters. The van der Waals surface area contributed by atoms with Crippen LogP contribution in [0.4, 0.5) is 0 Å². The van der Waals surface area contributed by atoms with E-state index in [1.54, 1.807) is 0 Å². The first-order chi connectivity index (χ1) is 9.90. The van der Waals surface area contributed by atoms with Gasteiger partial charge in [-0.3, -0.25) is 0 Å². The molecule has 1 N–H and O–H groups in total. The first kappa shape index (κ1) is 15.1. The van der Waals surface area contributed by atoms with Crippen LogP contribution >= 0.6 is 0 Å². The topological polar surface area (TPSA) is 20.2 Å². The smallest absolute Gasteiger partial charge is 0.0682 e. The van der Waals surface area contributed by atoms with Crippen molar-refractivity contribution >= 4 is 0 Å².